The smallest absolute Gasteiger partial charge is 0.421 e. The molecule has 0 aliphatic heterocycles. The molecule has 126 valence electrons. The lowest BCUT2D eigenvalue weighted by atomic mass is 10.0. The van der Waals surface area contributed by atoms with Gasteiger partial charge in [-0.3, -0.25) is 0 Å². The van der Waals surface area contributed by atoms with Crippen molar-refractivity contribution in [1.29, 1.82) is 0 Å². The number of alkyl halides is 4. The van der Waals surface area contributed by atoms with Crippen molar-refractivity contribution in [2.45, 2.75) is 50.5 Å². The van der Waals surface area contributed by atoms with Crippen molar-refractivity contribution < 1.29 is 27.2 Å². The fourth-order valence-corrected chi connectivity index (χ4v) is 2.39. The van der Waals surface area contributed by atoms with Gasteiger partial charge < -0.3 is 9.66 Å². The van der Waals surface area contributed by atoms with Crippen molar-refractivity contribution >= 4 is 11.4 Å². The average molecular weight is 341 g/mol. The molecule has 1 aromatic rings. The summed E-state index contributed by atoms with van der Waals surface area (Å²) in [6.07, 6.45) is -5.16. The minimum Gasteiger partial charge on any atom is -0.598 e. The fourth-order valence-electron chi connectivity index (χ4n) is 1.58. The van der Waals surface area contributed by atoms with E-state index in [0.717, 1.165) is 12.1 Å². The second kappa shape index (κ2) is 6.35. The van der Waals surface area contributed by atoms with Crippen LogP contribution >= 0.6 is 0 Å². The van der Waals surface area contributed by atoms with Gasteiger partial charge in [0.25, 0.3) is 0 Å². The Morgan fingerprint density at radius 3 is 2.18 bits per heavy atom. The van der Waals surface area contributed by atoms with Crippen LogP contribution < -0.4 is 4.72 Å². The van der Waals surface area contributed by atoms with Crippen LogP contribution in [-0.2, 0) is 17.3 Å². The zero-order chi connectivity index (χ0) is 17.3. The van der Waals surface area contributed by atoms with Gasteiger partial charge in [-0.1, -0.05) is 18.2 Å². The molecule has 0 radical (unpaired) electrons. The Labute approximate surface area is 130 Å². The molecule has 0 aliphatic rings. The van der Waals surface area contributed by atoms with Crippen LogP contribution in [-0.4, -0.2) is 20.5 Å². The van der Waals surface area contributed by atoms with Crippen LogP contribution in [0, 0.1) is 0 Å². The monoisotopic (exact) mass is 341 g/mol. The third kappa shape index (κ3) is 4.34. The van der Waals surface area contributed by atoms with E-state index in [9.17, 15) is 22.1 Å². The Morgan fingerprint density at radius 2 is 1.73 bits per heavy atom. The van der Waals surface area contributed by atoms with Gasteiger partial charge in [0.1, 0.15) is 4.75 Å². The quantitative estimate of drug-likeness (QED) is 0.637. The first-order valence-electron chi connectivity index (χ1n) is 6.53. The summed E-state index contributed by atoms with van der Waals surface area (Å²) >= 11 is -1.45. The third-order valence-corrected chi connectivity index (χ3v) is 4.65. The Morgan fingerprint density at radius 1 is 1.18 bits per heavy atom. The Balaban J connectivity index is 3.02. The molecule has 0 unspecified atom stereocenters. The maximum absolute atomic E-state index is 13.5. The van der Waals surface area contributed by atoms with Crippen molar-refractivity contribution in [3.05, 3.63) is 35.4 Å². The van der Waals surface area contributed by atoms with Crippen molar-refractivity contribution in [2.24, 2.45) is 0 Å². The summed E-state index contributed by atoms with van der Waals surface area (Å²) in [4.78, 5) is 0. The average Bonchev–Trinajstić information content (AvgIpc) is 2.36. The lowest BCUT2D eigenvalue weighted by molar-refractivity contribution is -0.332. The maximum Gasteiger partial charge on any atom is 0.421 e. The van der Waals surface area contributed by atoms with E-state index in [1.165, 1.54) is 12.1 Å². The summed E-state index contributed by atoms with van der Waals surface area (Å²) in [6, 6.07) is 3.71. The van der Waals surface area contributed by atoms with Crippen LogP contribution in [0.2, 0.25) is 0 Å². The van der Waals surface area contributed by atoms with E-state index in [2.05, 4.69) is 4.72 Å². The molecule has 1 rings (SSSR count). The van der Waals surface area contributed by atoms with Gasteiger partial charge in [-0.15, -0.1) is 4.72 Å². The highest BCUT2D eigenvalue weighted by Gasteiger charge is 2.56. The molecule has 1 aromatic carbocycles. The minimum absolute atomic E-state index is 0.263. The van der Waals surface area contributed by atoms with Crippen LogP contribution in [0.1, 0.15) is 44.9 Å². The predicted molar refractivity (Wildman–Crippen MR) is 76.9 cm³/mol. The van der Waals surface area contributed by atoms with E-state index in [-0.39, 0.29) is 5.56 Å². The van der Waals surface area contributed by atoms with E-state index >= 15 is 0 Å². The Hall–Kier alpha value is -0.830. The molecule has 0 fully saturated rings. The molecule has 0 saturated heterocycles. The first kappa shape index (κ1) is 19.2. The summed E-state index contributed by atoms with van der Waals surface area (Å²) in [5.41, 5.74) is -0.744. The van der Waals surface area contributed by atoms with Gasteiger partial charge in [0.2, 0.25) is 0 Å². The summed E-state index contributed by atoms with van der Waals surface area (Å²) in [5.74, 6) is -4.70. The fraction of sp³-hybridized carbons (Fsp3) is 0.571. The number of hydrogen-bond acceptors (Lipinski definition) is 3. The van der Waals surface area contributed by atoms with Gasteiger partial charge in [0, 0.05) is 16.9 Å². The molecule has 3 nitrogen and oxygen atoms in total. The molecule has 0 amide bonds. The van der Waals surface area contributed by atoms with Crippen LogP contribution in [0.3, 0.4) is 0 Å². The number of benzene rings is 1. The van der Waals surface area contributed by atoms with Crippen molar-refractivity contribution in [3.8, 4) is 0 Å². The lowest BCUT2D eigenvalue weighted by Crippen LogP contribution is -2.40. The zero-order valence-electron chi connectivity index (χ0n) is 12.7. The molecule has 0 aliphatic carbocycles. The summed E-state index contributed by atoms with van der Waals surface area (Å²) in [6.45, 7) is 6.79. The van der Waals surface area contributed by atoms with E-state index < -0.39 is 39.7 Å². The third-order valence-electron chi connectivity index (χ3n) is 2.97. The molecule has 0 aromatic heterocycles. The Bertz CT molecular complexity index is 514. The molecule has 0 spiro atoms. The summed E-state index contributed by atoms with van der Waals surface area (Å²) < 4.78 is 66.4. The Kier molecular flexibility index (Phi) is 5.55. The first-order valence-corrected chi connectivity index (χ1v) is 7.68. The van der Waals surface area contributed by atoms with Gasteiger partial charge in [0.15, 0.2) is 0 Å². The second-order valence-electron chi connectivity index (χ2n) is 5.96. The summed E-state index contributed by atoms with van der Waals surface area (Å²) in [5, 5.41) is 8.33. The van der Waals surface area contributed by atoms with Crippen LogP contribution in [0.5, 0.6) is 0 Å². The first-order chi connectivity index (χ1) is 9.76. The van der Waals surface area contributed by atoms with Gasteiger partial charge in [-0.05, 0) is 39.3 Å². The van der Waals surface area contributed by atoms with Gasteiger partial charge in [-0.25, -0.2) is 0 Å². The van der Waals surface area contributed by atoms with Crippen molar-refractivity contribution in [3.63, 3.8) is 0 Å². The van der Waals surface area contributed by atoms with E-state index in [1.54, 1.807) is 27.7 Å². The highest BCUT2D eigenvalue weighted by Crippen LogP contribution is 2.41. The molecule has 2 atom stereocenters. The highest BCUT2D eigenvalue weighted by atomic mass is 32.2. The molecular formula is C14H19F4NO2S. The van der Waals surface area contributed by atoms with E-state index in [4.69, 9.17) is 5.11 Å². The molecule has 8 heteroatoms. The van der Waals surface area contributed by atoms with Gasteiger partial charge >= 0.3 is 12.0 Å². The molecule has 22 heavy (non-hydrogen) atoms. The minimum atomic E-state index is -5.16. The summed E-state index contributed by atoms with van der Waals surface area (Å²) in [7, 11) is 0. The number of halogens is 4. The number of rotatable bonds is 5. The molecule has 0 heterocycles. The van der Waals surface area contributed by atoms with Gasteiger partial charge in [-0.2, -0.15) is 17.6 Å². The molecule has 0 saturated carbocycles. The number of aliphatic hydroxyl groups is 1. The highest BCUT2D eigenvalue weighted by molar-refractivity contribution is 7.90. The standard InChI is InChI=1S/C14H19F4NO2S/c1-9(19-22(21)12(2,3)4)10-6-5-7-11(8-10)13(15,16)14(17,18)20/h5-9,19-20H,1-4H3/t9-,22-/m1/s1. The topological polar surface area (TPSA) is 55.3 Å². The van der Waals surface area contributed by atoms with E-state index in [0.29, 0.717) is 0 Å². The zero-order valence-corrected chi connectivity index (χ0v) is 13.5. The van der Waals surface area contributed by atoms with Crippen molar-refractivity contribution in [2.75, 3.05) is 0 Å². The second-order valence-corrected chi connectivity index (χ2v) is 7.96. The SMILES string of the molecule is C[C@@H](N[S@+]([O-])C(C)(C)C)c1cccc(C(F)(F)C(O)(F)F)c1. The largest absolute Gasteiger partial charge is 0.598 e. The van der Waals surface area contributed by atoms with E-state index in [1.807, 2.05) is 0 Å². The predicted octanol–water partition coefficient (Wildman–Crippen LogP) is 3.48. The molecule has 0 bridgehead atoms. The van der Waals surface area contributed by atoms with Crippen LogP contribution in [0.25, 0.3) is 0 Å². The van der Waals surface area contributed by atoms with Crippen LogP contribution in [0.15, 0.2) is 24.3 Å². The lowest BCUT2D eigenvalue weighted by Gasteiger charge is -2.27. The maximum atomic E-state index is 13.5. The van der Waals surface area contributed by atoms with Gasteiger partial charge in [0.05, 0.1) is 6.04 Å². The molecule has 2 N–H and O–H groups in total. The number of hydrogen-bond donors (Lipinski definition) is 2. The molecular weight excluding hydrogens is 322 g/mol. The van der Waals surface area contributed by atoms with Crippen molar-refractivity contribution in [1.82, 2.24) is 4.72 Å². The van der Waals surface area contributed by atoms with Crippen LogP contribution in [0.4, 0.5) is 17.6 Å². The normalized spacial score (nSPS) is 16.5. The number of nitrogens with one attached hydrogen (secondary N) is 1.